The van der Waals surface area contributed by atoms with Gasteiger partial charge < -0.3 is 5.32 Å². The maximum Gasteiger partial charge on any atom is 0.270 e. The number of nitrogens with one attached hydrogen (secondary N) is 1. The summed E-state index contributed by atoms with van der Waals surface area (Å²) in [4.78, 5) is 13.0. The Morgan fingerprint density at radius 3 is 2.29 bits per heavy atom. The third-order valence-corrected chi connectivity index (χ3v) is 7.31. The molecule has 4 rings (SSSR count). The molecule has 0 spiro atoms. The topological polar surface area (TPSA) is 66.5 Å². The molecule has 0 radical (unpaired) electrons. The second-order valence-corrected chi connectivity index (χ2v) is 9.53. The molecule has 1 aliphatic rings. The first kappa shape index (κ1) is 21.2. The van der Waals surface area contributed by atoms with E-state index in [2.05, 4.69) is 5.32 Å². The lowest BCUT2D eigenvalue weighted by molar-refractivity contribution is -0.116. The molecule has 0 saturated heterocycles. The molecular formula is C24H21ClN2O3S. The summed E-state index contributed by atoms with van der Waals surface area (Å²) < 4.78 is 27.9. The highest BCUT2D eigenvalue weighted by Crippen LogP contribution is 2.41. The molecular weight excluding hydrogens is 432 g/mol. The van der Waals surface area contributed by atoms with Crippen molar-refractivity contribution < 1.29 is 13.2 Å². The summed E-state index contributed by atoms with van der Waals surface area (Å²) in [6.07, 6.45) is 0.559. The first-order chi connectivity index (χ1) is 14.9. The van der Waals surface area contributed by atoms with E-state index in [0.29, 0.717) is 40.4 Å². The summed E-state index contributed by atoms with van der Waals surface area (Å²) in [7, 11) is -2.56. The number of para-hydroxylation sites is 1. The molecule has 0 aliphatic carbocycles. The maximum atomic E-state index is 13.4. The van der Waals surface area contributed by atoms with Gasteiger partial charge >= 0.3 is 0 Å². The zero-order chi connectivity index (χ0) is 22.0. The van der Waals surface area contributed by atoms with Gasteiger partial charge in [0.1, 0.15) is 0 Å². The van der Waals surface area contributed by atoms with Gasteiger partial charge in [-0.25, -0.2) is 8.42 Å². The van der Waals surface area contributed by atoms with Crippen molar-refractivity contribution in [2.45, 2.75) is 6.42 Å². The lowest BCUT2D eigenvalue weighted by Crippen LogP contribution is -2.40. The third-order valence-electron chi connectivity index (χ3n) is 5.24. The molecule has 0 fully saturated rings. The molecule has 31 heavy (non-hydrogen) atoms. The number of carbonyl (C=O) groups is 1. The number of sulfonamides is 1. The fourth-order valence-electron chi connectivity index (χ4n) is 3.65. The minimum absolute atomic E-state index is 0.240. The Kier molecular flexibility index (Phi) is 5.85. The Morgan fingerprint density at radius 2 is 1.58 bits per heavy atom. The molecule has 7 heteroatoms. The summed E-state index contributed by atoms with van der Waals surface area (Å²) in [6.45, 7) is 0.299. The van der Waals surface area contributed by atoms with Crippen LogP contribution in [0.3, 0.4) is 0 Å². The largest absolute Gasteiger partial charge is 0.351 e. The lowest BCUT2D eigenvalue weighted by Gasteiger charge is -2.30. The smallest absolute Gasteiger partial charge is 0.270 e. The van der Waals surface area contributed by atoms with Crippen LogP contribution in [-0.4, -0.2) is 27.9 Å². The van der Waals surface area contributed by atoms with Crippen LogP contribution < -0.4 is 9.62 Å². The third kappa shape index (κ3) is 4.09. The summed E-state index contributed by atoms with van der Waals surface area (Å²) in [6, 6.07) is 23.7. The number of rotatable bonds is 5. The molecule has 0 unspecified atom stereocenters. The van der Waals surface area contributed by atoms with Crippen LogP contribution >= 0.6 is 11.6 Å². The van der Waals surface area contributed by atoms with Crippen LogP contribution in [0.25, 0.3) is 5.57 Å². The minimum atomic E-state index is -4.03. The first-order valence-corrected chi connectivity index (χ1v) is 11.6. The van der Waals surface area contributed by atoms with E-state index in [-0.39, 0.29) is 4.91 Å². The van der Waals surface area contributed by atoms with Crippen LogP contribution in [0.15, 0.2) is 83.8 Å². The Balaban J connectivity index is 1.74. The molecule has 3 aromatic carbocycles. The monoisotopic (exact) mass is 452 g/mol. The second kappa shape index (κ2) is 8.57. The van der Waals surface area contributed by atoms with Crippen molar-refractivity contribution in [2.24, 2.45) is 0 Å². The van der Waals surface area contributed by atoms with Crippen molar-refractivity contribution in [1.82, 2.24) is 5.32 Å². The van der Waals surface area contributed by atoms with Gasteiger partial charge in [0.15, 0.2) is 4.91 Å². The zero-order valence-electron chi connectivity index (χ0n) is 16.9. The van der Waals surface area contributed by atoms with E-state index >= 15 is 0 Å². The van der Waals surface area contributed by atoms with Gasteiger partial charge in [-0.1, -0.05) is 72.3 Å². The molecule has 1 heterocycles. The Morgan fingerprint density at radius 1 is 0.935 bits per heavy atom. The summed E-state index contributed by atoms with van der Waals surface area (Å²) in [5.41, 5.74) is 3.33. The van der Waals surface area contributed by atoms with Gasteiger partial charge in [0.25, 0.3) is 15.9 Å². The number of amides is 1. The Bertz CT molecular complexity index is 1250. The average molecular weight is 453 g/mol. The van der Waals surface area contributed by atoms with Crippen molar-refractivity contribution in [3.8, 4) is 0 Å². The van der Waals surface area contributed by atoms with Crippen molar-refractivity contribution >= 4 is 38.8 Å². The standard InChI is InChI=1S/C24H21ClN2O3S/c1-27-21-10-6-5-9-20(21)22(18-7-3-2-4-8-18)23(31(27,29)30)24(28)26-16-15-17-11-13-19(25)14-12-17/h2-14H,15-16H2,1H3,(H,26,28). The molecule has 1 aliphatic heterocycles. The van der Waals surface area contributed by atoms with Crippen LogP contribution in [-0.2, 0) is 21.2 Å². The summed E-state index contributed by atoms with van der Waals surface area (Å²) >= 11 is 5.91. The quantitative estimate of drug-likeness (QED) is 0.629. The second-order valence-electron chi connectivity index (χ2n) is 7.19. The number of fused-ring (bicyclic) bond motifs is 1. The molecule has 1 amide bonds. The number of anilines is 1. The van der Waals surface area contributed by atoms with Crippen molar-refractivity contribution in [1.29, 1.82) is 0 Å². The number of benzene rings is 3. The molecule has 5 nitrogen and oxygen atoms in total. The zero-order valence-corrected chi connectivity index (χ0v) is 18.5. The maximum absolute atomic E-state index is 13.4. The first-order valence-electron chi connectivity index (χ1n) is 9.80. The summed E-state index contributed by atoms with van der Waals surface area (Å²) in [5.74, 6) is -0.617. The normalized spacial score (nSPS) is 14.8. The van der Waals surface area contributed by atoms with E-state index in [0.717, 1.165) is 5.56 Å². The van der Waals surface area contributed by atoms with Crippen molar-refractivity contribution in [3.63, 3.8) is 0 Å². The summed E-state index contributed by atoms with van der Waals surface area (Å²) in [5, 5.41) is 3.43. The van der Waals surface area contributed by atoms with Gasteiger partial charge in [-0.15, -0.1) is 0 Å². The van der Waals surface area contributed by atoms with Crippen LogP contribution in [0.1, 0.15) is 16.7 Å². The van der Waals surface area contributed by atoms with E-state index in [1.165, 1.54) is 11.4 Å². The highest BCUT2D eigenvalue weighted by Gasteiger charge is 2.39. The predicted molar refractivity (Wildman–Crippen MR) is 124 cm³/mol. The number of nitrogens with zero attached hydrogens (tertiary/aromatic N) is 1. The molecule has 1 N–H and O–H groups in total. The molecule has 0 aromatic heterocycles. The van der Waals surface area contributed by atoms with Crippen LogP contribution in [0.2, 0.25) is 5.02 Å². The highest BCUT2D eigenvalue weighted by atomic mass is 35.5. The predicted octanol–water partition coefficient (Wildman–Crippen LogP) is 4.24. The van der Waals surface area contributed by atoms with Gasteiger partial charge in [0.2, 0.25) is 0 Å². The van der Waals surface area contributed by atoms with Crippen LogP contribution in [0, 0.1) is 0 Å². The van der Waals surface area contributed by atoms with E-state index in [1.807, 2.05) is 54.6 Å². The fraction of sp³-hybridized carbons (Fsp3) is 0.125. The van der Waals surface area contributed by atoms with Crippen LogP contribution in [0.5, 0.6) is 0 Å². The Labute approximate surface area is 187 Å². The molecule has 0 atom stereocenters. The van der Waals surface area contributed by atoms with Gasteiger partial charge in [-0.2, -0.15) is 0 Å². The van der Waals surface area contributed by atoms with Crippen molar-refractivity contribution in [3.05, 3.63) is 105 Å². The highest BCUT2D eigenvalue weighted by molar-refractivity contribution is 7.97. The van der Waals surface area contributed by atoms with E-state index in [1.54, 1.807) is 24.3 Å². The van der Waals surface area contributed by atoms with E-state index in [9.17, 15) is 13.2 Å². The van der Waals surface area contributed by atoms with Gasteiger partial charge in [-0.3, -0.25) is 9.10 Å². The number of hydrogen-bond donors (Lipinski definition) is 1. The van der Waals surface area contributed by atoms with E-state index < -0.39 is 15.9 Å². The minimum Gasteiger partial charge on any atom is -0.351 e. The SMILES string of the molecule is CN1c2ccccc2C(c2ccccc2)=C(C(=O)NCCc2ccc(Cl)cc2)S1(=O)=O. The molecule has 3 aromatic rings. The van der Waals surface area contributed by atoms with Crippen molar-refractivity contribution in [2.75, 3.05) is 17.9 Å². The molecule has 158 valence electrons. The van der Waals surface area contributed by atoms with Crippen LogP contribution in [0.4, 0.5) is 5.69 Å². The van der Waals surface area contributed by atoms with Gasteiger partial charge in [-0.05, 0) is 35.7 Å². The fourth-order valence-corrected chi connectivity index (χ4v) is 5.26. The number of hydrogen-bond acceptors (Lipinski definition) is 3. The Hall–Kier alpha value is -3.09. The van der Waals surface area contributed by atoms with E-state index in [4.69, 9.17) is 11.6 Å². The lowest BCUT2D eigenvalue weighted by atomic mass is 9.95. The van der Waals surface area contributed by atoms with Gasteiger partial charge in [0, 0.05) is 29.8 Å². The molecule has 0 bridgehead atoms. The average Bonchev–Trinajstić information content (AvgIpc) is 2.78. The number of carbonyl (C=O) groups excluding carboxylic acids is 1. The number of halogens is 1. The molecule has 0 saturated carbocycles. The van der Waals surface area contributed by atoms with Gasteiger partial charge in [0.05, 0.1) is 5.69 Å².